The van der Waals surface area contributed by atoms with Crippen molar-refractivity contribution in [1.29, 1.82) is 0 Å². The van der Waals surface area contributed by atoms with Crippen molar-refractivity contribution in [2.75, 3.05) is 9.80 Å². The van der Waals surface area contributed by atoms with Crippen LogP contribution in [0.2, 0.25) is 0 Å². The van der Waals surface area contributed by atoms with Gasteiger partial charge in [-0.2, -0.15) is 0 Å². The summed E-state index contributed by atoms with van der Waals surface area (Å²) in [6.45, 7) is 24.3. The van der Waals surface area contributed by atoms with Gasteiger partial charge in [-0.1, -0.05) is 157 Å². The van der Waals surface area contributed by atoms with Gasteiger partial charge in [-0.3, -0.25) is 0 Å². The van der Waals surface area contributed by atoms with Crippen LogP contribution in [0.1, 0.15) is 81.8 Å². The van der Waals surface area contributed by atoms with Crippen LogP contribution in [0.5, 0.6) is 0 Å². The van der Waals surface area contributed by atoms with Gasteiger partial charge in [0, 0.05) is 77.0 Å². The highest BCUT2D eigenvalue weighted by atomic mass is 16.3. The number of anilines is 5. The van der Waals surface area contributed by atoms with Gasteiger partial charge in [-0.05, 0) is 143 Å². The maximum Gasteiger partial charge on any atom is 0.159 e. The Morgan fingerprint density at radius 3 is 1.51 bits per heavy atom. The summed E-state index contributed by atoms with van der Waals surface area (Å²) in [5.74, 6) is 0. The van der Waals surface area contributed by atoms with Gasteiger partial charge < -0.3 is 27.5 Å². The fourth-order valence-corrected chi connectivity index (χ4v) is 12.4. The van der Waals surface area contributed by atoms with Crippen LogP contribution in [0.3, 0.4) is 0 Å². The van der Waals surface area contributed by atoms with E-state index < -0.39 is 0 Å². The lowest BCUT2D eigenvalue weighted by molar-refractivity contribution is 0.572. The molecular formula is C73H60N2O4. The number of hydrogen-bond donors (Lipinski definition) is 0. The highest BCUT2D eigenvalue weighted by molar-refractivity contribution is 6.27. The molecule has 0 atom stereocenters. The molecule has 14 aromatic rings. The van der Waals surface area contributed by atoms with E-state index in [1.54, 1.807) is 0 Å². The molecule has 0 saturated heterocycles. The summed E-state index contributed by atoms with van der Waals surface area (Å²) in [5, 5.41) is 10.7. The SMILES string of the molecule is C=Cc1cc2c(cc1/C=C(\C)N(c1ccccc1C)c1cccc3c1oc1c(C(C)(C)C)cccc13)oc1ccc3oc4cc5cc(N(c6ccccc6C)c6cccc7c6oc6c(C(C)(C)C)cccc67)ccc5cc4c3c12. The van der Waals surface area contributed by atoms with E-state index in [1.165, 1.54) is 11.1 Å². The second-order valence-electron chi connectivity index (χ2n) is 23.5. The summed E-state index contributed by atoms with van der Waals surface area (Å²) in [4.78, 5) is 4.66. The monoisotopic (exact) mass is 1030 g/mol. The molecule has 0 unspecified atom stereocenters. The van der Waals surface area contributed by atoms with Crippen molar-refractivity contribution in [2.24, 2.45) is 0 Å². The zero-order chi connectivity index (χ0) is 54.2. The molecule has 6 heteroatoms. The van der Waals surface area contributed by atoms with E-state index in [0.717, 1.165) is 155 Å². The van der Waals surface area contributed by atoms with Crippen molar-refractivity contribution in [3.63, 3.8) is 0 Å². The minimum Gasteiger partial charge on any atom is -0.456 e. The number of furan rings is 4. The van der Waals surface area contributed by atoms with Crippen LogP contribution in [0.15, 0.2) is 206 Å². The van der Waals surface area contributed by atoms with Crippen molar-refractivity contribution in [3.8, 4) is 0 Å². The Morgan fingerprint density at radius 1 is 0.418 bits per heavy atom. The lowest BCUT2D eigenvalue weighted by atomic mass is 9.86. The van der Waals surface area contributed by atoms with Crippen LogP contribution in [-0.2, 0) is 10.8 Å². The van der Waals surface area contributed by atoms with Crippen LogP contribution in [0.4, 0.5) is 28.4 Å². The van der Waals surface area contributed by atoms with Gasteiger partial charge >= 0.3 is 0 Å². The van der Waals surface area contributed by atoms with E-state index in [0.29, 0.717) is 0 Å². The number of para-hydroxylation sites is 6. The van der Waals surface area contributed by atoms with Crippen LogP contribution in [0, 0.1) is 13.8 Å². The molecule has 0 radical (unpaired) electrons. The van der Waals surface area contributed by atoms with Gasteiger partial charge in [0.2, 0.25) is 0 Å². The van der Waals surface area contributed by atoms with Crippen molar-refractivity contribution in [2.45, 2.75) is 73.1 Å². The van der Waals surface area contributed by atoms with Gasteiger partial charge in [-0.15, -0.1) is 0 Å². The quantitative estimate of drug-likeness (QED) is 0.151. The maximum absolute atomic E-state index is 6.98. The van der Waals surface area contributed by atoms with E-state index in [2.05, 4.69) is 249 Å². The van der Waals surface area contributed by atoms with Gasteiger partial charge in [0.25, 0.3) is 0 Å². The maximum atomic E-state index is 6.98. The zero-order valence-corrected chi connectivity index (χ0v) is 46.1. The first-order valence-electron chi connectivity index (χ1n) is 27.3. The fraction of sp³-hybridized carbons (Fsp3) is 0.151. The molecule has 386 valence electrons. The third-order valence-electron chi connectivity index (χ3n) is 16.2. The molecule has 0 aliphatic carbocycles. The van der Waals surface area contributed by atoms with Crippen LogP contribution in [-0.4, -0.2) is 0 Å². The second kappa shape index (κ2) is 17.6. The molecule has 4 aromatic heterocycles. The van der Waals surface area contributed by atoms with Crippen molar-refractivity contribution >= 4 is 139 Å². The van der Waals surface area contributed by atoms with Gasteiger partial charge in [0.05, 0.1) is 11.4 Å². The number of benzene rings is 10. The number of aryl methyl sites for hydroxylation is 2. The average molecular weight is 1030 g/mol. The molecule has 6 nitrogen and oxygen atoms in total. The summed E-state index contributed by atoms with van der Waals surface area (Å²) < 4.78 is 27.6. The molecular weight excluding hydrogens is 969 g/mol. The molecule has 0 spiro atoms. The number of rotatable bonds is 8. The molecule has 0 bridgehead atoms. The summed E-state index contributed by atoms with van der Waals surface area (Å²) in [6, 6.07) is 62.7. The van der Waals surface area contributed by atoms with Gasteiger partial charge in [-0.25, -0.2) is 0 Å². The topological polar surface area (TPSA) is 59.0 Å². The molecule has 14 rings (SSSR count). The Labute approximate surface area is 459 Å². The molecule has 0 saturated carbocycles. The molecule has 0 amide bonds. The third-order valence-corrected chi connectivity index (χ3v) is 16.2. The molecule has 0 aliphatic rings. The number of fused-ring (bicyclic) bond motifs is 14. The summed E-state index contributed by atoms with van der Waals surface area (Å²) in [7, 11) is 0. The summed E-state index contributed by atoms with van der Waals surface area (Å²) >= 11 is 0. The first kappa shape index (κ1) is 48.1. The minimum absolute atomic E-state index is 0.0902. The smallest absolute Gasteiger partial charge is 0.159 e. The lowest BCUT2D eigenvalue weighted by Gasteiger charge is -2.28. The Balaban J connectivity index is 0.896. The highest BCUT2D eigenvalue weighted by Gasteiger charge is 2.28. The molecule has 10 aromatic carbocycles. The lowest BCUT2D eigenvalue weighted by Crippen LogP contribution is -2.15. The molecule has 4 heterocycles. The second-order valence-corrected chi connectivity index (χ2v) is 23.5. The summed E-state index contributed by atoms with van der Waals surface area (Å²) in [6.07, 6.45) is 4.18. The average Bonchev–Trinajstić information content (AvgIpc) is 4.37. The first-order valence-corrected chi connectivity index (χ1v) is 27.3. The van der Waals surface area contributed by atoms with E-state index in [4.69, 9.17) is 17.7 Å². The Morgan fingerprint density at radius 2 is 0.924 bits per heavy atom. The normalized spacial score (nSPS) is 12.7. The first-order chi connectivity index (χ1) is 38.1. The van der Waals surface area contributed by atoms with Crippen LogP contribution >= 0.6 is 0 Å². The molecule has 79 heavy (non-hydrogen) atoms. The zero-order valence-electron chi connectivity index (χ0n) is 46.1. The highest BCUT2D eigenvalue weighted by Crippen LogP contribution is 2.48. The van der Waals surface area contributed by atoms with Crippen molar-refractivity contribution in [3.05, 3.63) is 222 Å². The largest absolute Gasteiger partial charge is 0.456 e. The Hall–Kier alpha value is -9.26. The number of allylic oxidation sites excluding steroid dienone is 1. The van der Waals surface area contributed by atoms with Gasteiger partial charge in [0.15, 0.2) is 11.2 Å². The minimum atomic E-state index is -0.0942. The van der Waals surface area contributed by atoms with E-state index in [1.807, 2.05) is 18.2 Å². The number of nitrogens with zero attached hydrogens (tertiary/aromatic N) is 2. The van der Waals surface area contributed by atoms with Crippen LogP contribution in [0.25, 0.3) is 111 Å². The van der Waals surface area contributed by atoms with E-state index in [9.17, 15) is 0 Å². The Bertz CT molecular complexity index is 4880. The van der Waals surface area contributed by atoms with Crippen molar-refractivity contribution in [1.82, 2.24) is 0 Å². The molecule has 0 fully saturated rings. The van der Waals surface area contributed by atoms with Crippen molar-refractivity contribution < 1.29 is 17.7 Å². The third kappa shape index (κ3) is 7.60. The molecule has 0 N–H and O–H groups in total. The predicted molar refractivity (Wildman–Crippen MR) is 333 cm³/mol. The van der Waals surface area contributed by atoms with Crippen LogP contribution < -0.4 is 9.80 Å². The van der Waals surface area contributed by atoms with Gasteiger partial charge in [0.1, 0.15) is 33.5 Å². The molecule has 0 aliphatic heterocycles. The summed E-state index contributed by atoms with van der Waals surface area (Å²) in [5.41, 5.74) is 19.4. The van der Waals surface area contributed by atoms with E-state index >= 15 is 0 Å². The standard InChI is InChI=1S/C73H60N2O4/c1-11-45-38-54-64(40-47(45)36-44(4)74(58-28-14-12-20-42(58)2)60-30-18-24-52-50-22-16-26-56(72(5,6)7)68(50)78-70(52)60)76-62-34-35-63-67(66(54)62)55-39-46-32-33-49(37-48(46)41-65(55)77-63)75(59-29-15-13-21-43(59)3)61-31-19-25-53-51-23-17-27-57(73(8,9)10)69(51)79-71(53)61/h11-41H,1H2,2-10H3/b44-36+. The fourth-order valence-electron chi connectivity index (χ4n) is 12.4. The predicted octanol–water partition coefficient (Wildman–Crippen LogP) is 22.0. The van der Waals surface area contributed by atoms with E-state index in [-0.39, 0.29) is 10.8 Å². The Kier molecular flexibility index (Phi) is 10.7. The number of hydrogen-bond acceptors (Lipinski definition) is 6.